The zero-order chi connectivity index (χ0) is 13.7. The molecule has 2 atom stereocenters. The molecule has 0 aliphatic rings. The lowest BCUT2D eigenvalue weighted by Gasteiger charge is -2.34. The molecule has 1 aromatic heterocycles. The molecule has 0 saturated heterocycles. The van der Waals surface area contributed by atoms with E-state index in [9.17, 15) is 4.79 Å². The van der Waals surface area contributed by atoms with Gasteiger partial charge in [-0.3, -0.25) is 9.48 Å². The second kappa shape index (κ2) is 6.57. The van der Waals surface area contributed by atoms with E-state index >= 15 is 0 Å². The van der Waals surface area contributed by atoms with Crippen LogP contribution >= 0.6 is 0 Å². The molecular weight excluding hydrogens is 226 g/mol. The number of aromatic nitrogens is 2. The maximum absolute atomic E-state index is 12.4. The number of carbonyl (C=O) groups excluding carboxylic acids is 1. The molecular formula is C14H25N3O. The molecule has 4 heteroatoms. The fraction of sp³-hybridized carbons (Fsp3) is 0.714. The van der Waals surface area contributed by atoms with Crippen LogP contribution < -0.4 is 0 Å². The zero-order valence-electron chi connectivity index (χ0n) is 12.2. The standard InChI is InChI=1S/C14H25N3O/c1-6-11(3)17(12(4)7-2)14(18)10-13-8-9-16(5)15-13/h8-9,11-12H,6-7,10H2,1-5H3. The van der Waals surface area contributed by atoms with E-state index in [1.807, 2.05) is 24.2 Å². The summed E-state index contributed by atoms with van der Waals surface area (Å²) in [6, 6.07) is 2.48. The maximum Gasteiger partial charge on any atom is 0.229 e. The van der Waals surface area contributed by atoms with Gasteiger partial charge in [-0.2, -0.15) is 5.10 Å². The number of hydrogen-bond acceptors (Lipinski definition) is 2. The Morgan fingerprint density at radius 1 is 1.33 bits per heavy atom. The van der Waals surface area contributed by atoms with Crippen LogP contribution in [0.1, 0.15) is 46.2 Å². The SMILES string of the molecule is CCC(C)N(C(=O)Cc1ccn(C)n1)C(C)CC. The molecule has 2 unspecified atom stereocenters. The zero-order valence-corrected chi connectivity index (χ0v) is 12.2. The number of nitrogens with zero attached hydrogens (tertiary/aromatic N) is 3. The number of hydrogen-bond donors (Lipinski definition) is 0. The highest BCUT2D eigenvalue weighted by Crippen LogP contribution is 2.14. The predicted octanol–water partition coefficient (Wildman–Crippen LogP) is 2.39. The van der Waals surface area contributed by atoms with Crippen LogP contribution in [0.2, 0.25) is 0 Å². The van der Waals surface area contributed by atoms with Crippen molar-refractivity contribution in [1.82, 2.24) is 14.7 Å². The molecule has 0 spiro atoms. The van der Waals surface area contributed by atoms with Gasteiger partial charge in [0.2, 0.25) is 5.91 Å². The van der Waals surface area contributed by atoms with E-state index in [0.717, 1.165) is 18.5 Å². The topological polar surface area (TPSA) is 38.1 Å². The van der Waals surface area contributed by atoms with Crippen molar-refractivity contribution in [3.63, 3.8) is 0 Å². The summed E-state index contributed by atoms with van der Waals surface area (Å²) in [5.41, 5.74) is 0.846. The highest BCUT2D eigenvalue weighted by atomic mass is 16.2. The first kappa shape index (κ1) is 14.7. The van der Waals surface area contributed by atoms with Crippen molar-refractivity contribution in [2.75, 3.05) is 0 Å². The van der Waals surface area contributed by atoms with E-state index < -0.39 is 0 Å². The van der Waals surface area contributed by atoms with Crippen LogP contribution in [0.3, 0.4) is 0 Å². The van der Waals surface area contributed by atoms with Gasteiger partial charge in [0.05, 0.1) is 12.1 Å². The lowest BCUT2D eigenvalue weighted by atomic mass is 10.1. The summed E-state index contributed by atoms with van der Waals surface area (Å²) in [6.07, 6.45) is 4.24. The van der Waals surface area contributed by atoms with Crippen molar-refractivity contribution in [3.05, 3.63) is 18.0 Å². The fourth-order valence-electron chi connectivity index (χ4n) is 2.12. The Kier molecular flexibility index (Phi) is 5.38. The third-order valence-electron chi connectivity index (χ3n) is 3.52. The highest BCUT2D eigenvalue weighted by molar-refractivity contribution is 5.78. The molecule has 1 amide bonds. The van der Waals surface area contributed by atoms with Gasteiger partial charge < -0.3 is 4.90 Å². The van der Waals surface area contributed by atoms with Crippen LogP contribution in [-0.2, 0) is 18.3 Å². The molecule has 1 heterocycles. The second-order valence-electron chi connectivity index (χ2n) is 4.97. The second-order valence-corrected chi connectivity index (χ2v) is 4.97. The van der Waals surface area contributed by atoms with Gasteiger partial charge >= 0.3 is 0 Å². The first-order valence-corrected chi connectivity index (χ1v) is 6.79. The summed E-state index contributed by atoms with van der Waals surface area (Å²) in [5.74, 6) is 0.178. The Morgan fingerprint density at radius 2 is 1.89 bits per heavy atom. The molecule has 4 nitrogen and oxygen atoms in total. The summed E-state index contributed by atoms with van der Waals surface area (Å²) in [7, 11) is 1.87. The van der Waals surface area contributed by atoms with E-state index in [2.05, 4.69) is 32.8 Å². The number of carbonyl (C=O) groups is 1. The molecule has 0 saturated carbocycles. The Bertz CT molecular complexity index is 376. The van der Waals surface area contributed by atoms with Crippen LogP contribution in [0, 0.1) is 0 Å². The minimum absolute atomic E-state index is 0.178. The van der Waals surface area contributed by atoms with Crippen molar-refractivity contribution in [3.8, 4) is 0 Å². The molecule has 1 rings (SSSR count). The number of amides is 1. The van der Waals surface area contributed by atoms with Gasteiger partial charge in [0.25, 0.3) is 0 Å². The summed E-state index contributed by atoms with van der Waals surface area (Å²) < 4.78 is 1.74. The Labute approximate surface area is 110 Å². The summed E-state index contributed by atoms with van der Waals surface area (Å²) in [4.78, 5) is 14.4. The summed E-state index contributed by atoms with van der Waals surface area (Å²) in [6.45, 7) is 8.47. The van der Waals surface area contributed by atoms with Crippen molar-refractivity contribution in [1.29, 1.82) is 0 Å². The van der Waals surface area contributed by atoms with Crippen molar-refractivity contribution >= 4 is 5.91 Å². The normalized spacial score (nSPS) is 14.3. The van der Waals surface area contributed by atoms with Crippen LogP contribution in [0.4, 0.5) is 0 Å². The van der Waals surface area contributed by atoms with Crippen LogP contribution in [0.5, 0.6) is 0 Å². The van der Waals surface area contributed by atoms with Crippen molar-refractivity contribution in [2.45, 2.75) is 59.0 Å². The molecule has 102 valence electrons. The maximum atomic E-state index is 12.4. The molecule has 18 heavy (non-hydrogen) atoms. The predicted molar refractivity (Wildman–Crippen MR) is 73.3 cm³/mol. The van der Waals surface area contributed by atoms with Gasteiger partial charge in [0, 0.05) is 25.3 Å². The summed E-state index contributed by atoms with van der Waals surface area (Å²) in [5, 5.41) is 4.27. The molecule has 0 radical (unpaired) electrons. The van der Waals surface area contributed by atoms with Crippen molar-refractivity contribution < 1.29 is 4.79 Å². The fourth-order valence-corrected chi connectivity index (χ4v) is 2.12. The molecule has 0 aromatic carbocycles. The minimum Gasteiger partial charge on any atom is -0.337 e. The molecule has 0 fully saturated rings. The summed E-state index contributed by atoms with van der Waals surface area (Å²) >= 11 is 0. The van der Waals surface area contributed by atoms with Crippen LogP contribution in [-0.4, -0.2) is 32.7 Å². The van der Waals surface area contributed by atoms with Gasteiger partial charge in [0.1, 0.15) is 0 Å². The van der Waals surface area contributed by atoms with Gasteiger partial charge in [-0.1, -0.05) is 13.8 Å². The monoisotopic (exact) mass is 251 g/mol. The molecule has 0 aliphatic heterocycles. The number of aryl methyl sites for hydroxylation is 1. The van der Waals surface area contributed by atoms with Crippen LogP contribution in [0.15, 0.2) is 12.3 Å². The van der Waals surface area contributed by atoms with E-state index in [1.165, 1.54) is 0 Å². The Morgan fingerprint density at radius 3 is 2.28 bits per heavy atom. The average molecular weight is 251 g/mol. The lowest BCUT2D eigenvalue weighted by molar-refractivity contribution is -0.135. The number of rotatable bonds is 6. The van der Waals surface area contributed by atoms with Crippen molar-refractivity contribution in [2.24, 2.45) is 7.05 Å². The molecule has 0 bridgehead atoms. The Hall–Kier alpha value is -1.32. The first-order chi connectivity index (χ1) is 8.49. The average Bonchev–Trinajstić information content (AvgIpc) is 2.74. The van der Waals surface area contributed by atoms with Gasteiger partial charge in [-0.15, -0.1) is 0 Å². The van der Waals surface area contributed by atoms with Gasteiger partial charge in [-0.05, 0) is 32.8 Å². The lowest BCUT2D eigenvalue weighted by Crippen LogP contribution is -2.45. The van der Waals surface area contributed by atoms with E-state index in [0.29, 0.717) is 6.42 Å². The van der Waals surface area contributed by atoms with Crippen LogP contribution in [0.25, 0.3) is 0 Å². The molecule has 0 N–H and O–H groups in total. The minimum atomic E-state index is 0.178. The Balaban J connectivity index is 2.76. The quantitative estimate of drug-likeness (QED) is 0.778. The smallest absolute Gasteiger partial charge is 0.229 e. The first-order valence-electron chi connectivity index (χ1n) is 6.79. The van der Waals surface area contributed by atoms with Gasteiger partial charge in [0.15, 0.2) is 0 Å². The third kappa shape index (κ3) is 3.59. The largest absolute Gasteiger partial charge is 0.337 e. The molecule has 0 aliphatic carbocycles. The van der Waals surface area contributed by atoms with E-state index in [4.69, 9.17) is 0 Å². The molecule has 1 aromatic rings. The van der Waals surface area contributed by atoms with Gasteiger partial charge in [-0.25, -0.2) is 0 Å². The third-order valence-corrected chi connectivity index (χ3v) is 3.52. The van der Waals surface area contributed by atoms with E-state index in [1.54, 1.807) is 4.68 Å². The highest BCUT2D eigenvalue weighted by Gasteiger charge is 2.23. The van der Waals surface area contributed by atoms with E-state index in [-0.39, 0.29) is 18.0 Å².